The van der Waals surface area contributed by atoms with Crippen LogP contribution in [0.25, 0.3) is 0 Å². The predicted molar refractivity (Wildman–Crippen MR) is 89.4 cm³/mol. The summed E-state index contributed by atoms with van der Waals surface area (Å²) < 4.78 is 5.21. The summed E-state index contributed by atoms with van der Waals surface area (Å²) in [6.45, 7) is 1.93. The molecule has 7 heteroatoms. The lowest BCUT2D eigenvalue weighted by Crippen LogP contribution is -2.21. The SMILES string of the molecule is COc1ccc(Cl)cc1NC(=O)c1cnc(N2CCCC2)nc1. The van der Waals surface area contributed by atoms with Crippen LogP contribution in [0.4, 0.5) is 11.6 Å². The molecule has 6 nitrogen and oxygen atoms in total. The van der Waals surface area contributed by atoms with E-state index < -0.39 is 0 Å². The molecule has 1 aromatic heterocycles. The zero-order chi connectivity index (χ0) is 16.2. The first kappa shape index (κ1) is 15.6. The Morgan fingerprint density at radius 2 is 1.96 bits per heavy atom. The molecule has 0 unspecified atom stereocenters. The monoisotopic (exact) mass is 332 g/mol. The normalized spacial score (nSPS) is 13.9. The van der Waals surface area contributed by atoms with Crippen molar-refractivity contribution in [3.05, 3.63) is 41.2 Å². The van der Waals surface area contributed by atoms with E-state index in [1.165, 1.54) is 19.5 Å². The summed E-state index contributed by atoms with van der Waals surface area (Å²) >= 11 is 5.96. The number of nitrogens with one attached hydrogen (secondary N) is 1. The molecule has 2 heterocycles. The molecule has 23 heavy (non-hydrogen) atoms. The molecule has 1 aliphatic rings. The summed E-state index contributed by atoms with van der Waals surface area (Å²) in [5.41, 5.74) is 0.892. The van der Waals surface area contributed by atoms with Crippen molar-refractivity contribution in [3.63, 3.8) is 0 Å². The number of aromatic nitrogens is 2. The average molecular weight is 333 g/mol. The van der Waals surface area contributed by atoms with Crippen molar-refractivity contribution in [1.82, 2.24) is 9.97 Å². The van der Waals surface area contributed by atoms with Crippen LogP contribution in [0.5, 0.6) is 5.75 Å². The van der Waals surface area contributed by atoms with Crippen LogP contribution in [0, 0.1) is 0 Å². The number of nitrogens with zero attached hydrogens (tertiary/aromatic N) is 3. The molecular formula is C16H17ClN4O2. The highest BCUT2D eigenvalue weighted by atomic mass is 35.5. The first-order chi connectivity index (χ1) is 11.2. The van der Waals surface area contributed by atoms with Crippen molar-refractivity contribution in [2.45, 2.75) is 12.8 Å². The summed E-state index contributed by atoms with van der Waals surface area (Å²) in [5, 5.41) is 3.28. The maximum Gasteiger partial charge on any atom is 0.258 e. The average Bonchev–Trinajstić information content (AvgIpc) is 3.10. The number of hydrogen-bond donors (Lipinski definition) is 1. The van der Waals surface area contributed by atoms with Gasteiger partial charge < -0.3 is 15.0 Å². The van der Waals surface area contributed by atoms with Crippen molar-refractivity contribution >= 4 is 29.1 Å². The Morgan fingerprint density at radius 1 is 1.26 bits per heavy atom. The molecule has 0 saturated carbocycles. The van der Waals surface area contributed by atoms with Crippen molar-refractivity contribution in [3.8, 4) is 5.75 Å². The predicted octanol–water partition coefficient (Wildman–Crippen LogP) is 2.99. The smallest absolute Gasteiger partial charge is 0.258 e. The lowest BCUT2D eigenvalue weighted by molar-refractivity contribution is 0.102. The Balaban J connectivity index is 1.74. The quantitative estimate of drug-likeness (QED) is 0.932. The fourth-order valence-corrected chi connectivity index (χ4v) is 2.66. The number of rotatable bonds is 4. The van der Waals surface area contributed by atoms with Gasteiger partial charge in [0.15, 0.2) is 0 Å². The van der Waals surface area contributed by atoms with E-state index in [1.807, 2.05) is 0 Å². The van der Waals surface area contributed by atoms with Crippen molar-refractivity contribution < 1.29 is 9.53 Å². The van der Waals surface area contributed by atoms with E-state index in [2.05, 4.69) is 20.2 Å². The summed E-state index contributed by atoms with van der Waals surface area (Å²) in [7, 11) is 1.53. The fourth-order valence-electron chi connectivity index (χ4n) is 2.49. The molecule has 0 atom stereocenters. The fraction of sp³-hybridized carbons (Fsp3) is 0.312. The van der Waals surface area contributed by atoms with E-state index in [4.69, 9.17) is 16.3 Å². The third kappa shape index (κ3) is 3.53. The van der Waals surface area contributed by atoms with Crippen molar-refractivity contribution in [2.24, 2.45) is 0 Å². The molecule has 2 aromatic rings. The Bertz CT molecular complexity index is 700. The molecule has 1 saturated heterocycles. The van der Waals surface area contributed by atoms with Gasteiger partial charge in [0.05, 0.1) is 18.4 Å². The number of benzene rings is 1. The van der Waals surface area contributed by atoms with Gasteiger partial charge in [-0.25, -0.2) is 9.97 Å². The van der Waals surface area contributed by atoms with Gasteiger partial charge in [0.25, 0.3) is 5.91 Å². The van der Waals surface area contributed by atoms with E-state index in [-0.39, 0.29) is 5.91 Å². The first-order valence-corrected chi connectivity index (χ1v) is 7.77. The number of halogens is 1. The topological polar surface area (TPSA) is 67.3 Å². The second-order valence-electron chi connectivity index (χ2n) is 5.26. The highest BCUT2D eigenvalue weighted by molar-refractivity contribution is 6.31. The van der Waals surface area contributed by atoms with Crippen LogP contribution < -0.4 is 15.0 Å². The number of methoxy groups -OCH3 is 1. The maximum absolute atomic E-state index is 12.3. The number of ether oxygens (including phenoxy) is 1. The van der Waals surface area contributed by atoms with Gasteiger partial charge in [-0.1, -0.05) is 11.6 Å². The van der Waals surface area contributed by atoms with Gasteiger partial charge in [-0.2, -0.15) is 0 Å². The molecule has 1 amide bonds. The van der Waals surface area contributed by atoms with E-state index in [0.717, 1.165) is 25.9 Å². The molecule has 3 rings (SSSR count). The minimum absolute atomic E-state index is 0.307. The van der Waals surface area contributed by atoms with Crippen LogP contribution >= 0.6 is 11.6 Å². The third-order valence-electron chi connectivity index (χ3n) is 3.70. The van der Waals surface area contributed by atoms with Gasteiger partial charge >= 0.3 is 0 Å². The van der Waals surface area contributed by atoms with E-state index in [1.54, 1.807) is 18.2 Å². The summed E-state index contributed by atoms with van der Waals surface area (Å²) in [5.74, 6) is 0.898. The second kappa shape index (κ2) is 6.83. The number of carbonyl (C=O) groups is 1. The lowest BCUT2D eigenvalue weighted by Gasteiger charge is -2.15. The Hall–Kier alpha value is -2.34. The highest BCUT2D eigenvalue weighted by Crippen LogP contribution is 2.28. The zero-order valence-corrected chi connectivity index (χ0v) is 13.5. The van der Waals surface area contributed by atoms with E-state index in [9.17, 15) is 4.79 Å². The molecule has 120 valence electrons. The van der Waals surface area contributed by atoms with Gasteiger partial charge in [0.2, 0.25) is 5.95 Å². The summed E-state index contributed by atoms with van der Waals surface area (Å²) in [6, 6.07) is 5.03. The molecule has 0 radical (unpaired) electrons. The Labute approximate surface area is 139 Å². The van der Waals surface area contributed by atoms with Gasteiger partial charge in [0.1, 0.15) is 5.75 Å². The van der Waals surface area contributed by atoms with Crippen LogP contribution in [0.2, 0.25) is 5.02 Å². The minimum Gasteiger partial charge on any atom is -0.495 e. The van der Waals surface area contributed by atoms with E-state index in [0.29, 0.717) is 28.0 Å². The van der Waals surface area contributed by atoms with Crippen molar-refractivity contribution in [1.29, 1.82) is 0 Å². The Kier molecular flexibility index (Phi) is 4.62. The van der Waals surface area contributed by atoms with Gasteiger partial charge in [-0.15, -0.1) is 0 Å². The number of anilines is 2. The standard InChI is InChI=1S/C16H17ClN4O2/c1-23-14-5-4-12(17)8-13(14)20-15(22)11-9-18-16(19-10-11)21-6-2-3-7-21/h4-5,8-10H,2-3,6-7H2,1H3,(H,20,22). The number of amides is 1. The van der Waals surface area contributed by atoms with Crippen molar-refractivity contribution in [2.75, 3.05) is 30.4 Å². The second-order valence-corrected chi connectivity index (χ2v) is 5.70. The highest BCUT2D eigenvalue weighted by Gasteiger charge is 2.16. The summed E-state index contributed by atoms with van der Waals surface area (Å²) in [4.78, 5) is 23.0. The molecule has 1 N–H and O–H groups in total. The molecule has 1 aromatic carbocycles. The van der Waals surface area contributed by atoms with Gasteiger partial charge in [-0.3, -0.25) is 4.79 Å². The molecular weight excluding hydrogens is 316 g/mol. The zero-order valence-electron chi connectivity index (χ0n) is 12.8. The van der Waals surface area contributed by atoms with Crippen LogP contribution in [0.1, 0.15) is 23.2 Å². The molecule has 1 aliphatic heterocycles. The largest absolute Gasteiger partial charge is 0.495 e. The third-order valence-corrected chi connectivity index (χ3v) is 3.93. The van der Waals surface area contributed by atoms with Gasteiger partial charge in [0, 0.05) is 30.5 Å². The number of hydrogen-bond acceptors (Lipinski definition) is 5. The lowest BCUT2D eigenvalue weighted by atomic mass is 10.2. The van der Waals surface area contributed by atoms with E-state index >= 15 is 0 Å². The van der Waals surface area contributed by atoms with Crippen LogP contribution in [0.15, 0.2) is 30.6 Å². The molecule has 1 fully saturated rings. The van der Waals surface area contributed by atoms with Crippen LogP contribution in [-0.2, 0) is 0 Å². The molecule has 0 aliphatic carbocycles. The summed E-state index contributed by atoms with van der Waals surface area (Å²) in [6.07, 6.45) is 5.38. The Morgan fingerprint density at radius 3 is 2.61 bits per heavy atom. The molecule has 0 bridgehead atoms. The molecule has 0 spiro atoms. The van der Waals surface area contributed by atoms with Crippen LogP contribution in [0.3, 0.4) is 0 Å². The first-order valence-electron chi connectivity index (χ1n) is 7.39. The van der Waals surface area contributed by atoms with Gasteiger partial charge in [-0.05, 0) is 31.0 Å². The maximum atomic E-state index is 12.3. The number of carbonyl (C=O) groups excluding carboxylic acids is 1. The minimum atomic E-state index is -0.307. The van der Waals surface area contributed by atoms with Crippen LogP contribution in [-0.4, -0.2) is 36.1 Å².